The number of alkyl halides is 1. The SMILES string of the molecule is Cc1cc(NC(=O)CCCl)ccc1NC(=O)Oc1cc(-c2ccc(-n3cccn3)cc2)[nH]n1. The molecule has 2 aromatic heterocycles. The first-order chi connectivity index (χ1) is 16.0. The molecule has 4 rings (SSSR count). The number of amides is 2. The van der Waals surface area contributed by atoms with E-state index in [4.69, 9.17) is 16.3 Å². The zero-order valence-electron chi connectivity index (χ0n) is 17.7. The van der Waals surface area contributed by atoms with Gasteiger partial charge in [-0.25, -0.2) is 9.48 Å². The Labute approximate surface area is 194 Å². The van der Waals surface area contributed by atoms with Crippen molar-refractivity contribution in [3.05, 3.63) is 72.6 Å². The number of hydrogen-bond acceptors (Lipinski definition) is 5. The highest BCUT2D eigenvalue weighted by Gasteiger charge is 2.12. The minimum atomic E-state index is -0.677. The Hall–Kier alpha value is -4.11. The molecule has 4 aromatic rings. The second-order valence-corrected chi connectivity index (χ2v) is 7.53. The maximum Gasteiger partial charge on any atom is 0.418 e. The molecule has 0 atom stereocenters. The summed E-state index contributed by atoms with van der Waals surface area (Å²) >= 11 is 5.57. The molecular weight excluding hydrogens is 444 g/mol. The zero-order chi connectivity index (χ0) is 23.2. The molecular formula is C23H21ClN6O3. The molecule has 3 N–H and O–H groups in total. The van der Waals surface area contributed by atoms with Gasteiger partial charge in [-0.1, -0.05) is 12.1 Å². The van der Waals surface area contributed by atoms with Crippen molar-refractivity contribution in [2.24, 2.45) is 0 Å². The molecule has 0 fully saturated rings. The molecule has 0 aliphatic rings. The van der Waals surface area contributed by atoms with Crippen LogP contribution in [0.25, 0.3) is 16.9 Å². The molecule has 168 valence electrons. The van der Waals surface area contributed by atoms with Crippen molar-refractivity contribution in [2.45, 2.75) is 13.3 Å². The largest absolute Gasteiger partial charge is 0.418 e. The summed E-state index contributed by atoms with van der Waals surface area (Å²) in [5.74, 6) is 0.220. The van der Waals surface area contributed by atoms with Gasteiger partial charge in [-0.2, -0.15) is 5.10 Å². The first-order valence-corrected chi connectivity index (χ1v) is 10.7. The average molecular weight is 465 g/mol. The van der Waals surface area contributed by atoms with Crippen molar-refractivity contribution in [1.82, 2.24) is 20.0 Å². The Morgan fingerprint density at radius 1 is 1.12 bits per heavy atom. The van der Waals surface area contributed by atoms with Crippen LogP contribution in [0.4, 0.5) is 16.2 Å². The van der Waals surface area contributed by atoms with Gasteiger partial charge in [-0.3, -0.25) is 15.2 Å². The predicted molar refractivity (Wildman–Crippen MR) is 126 cm³/mol. The number of nitrogens with one attached hydrogen (secondary N) is 3. The maximum absolute atomic E-state index is 12.3. The fourth-order valence-corrected chi connectivity index (χ4v) is 3.31. The van der Waals surface area contributed by atoms with Crippen LogP contribution >= 0.6 is 11.6 Å². The number of benzene rings is 2. The number of carbonyl (C=O) groups excluding carboxylic acids is 2. The molecule has 0 saturated carbocycles. The van der Waals surface area contributed by atoms with Gasteiger partial charge in [0.25, 0.3) is 0 Å². The lowest BCUT2D eigenvalue weighted by Gasteiger charge is -2.10. The third kappa shape index (κ3) is 5.58. The van der Waals surface area contributed by atoms with Gasteiger partial charge >= 0.3 is 6.09 Å². The van der Waals surface area contributed by atoms with Crippen LogP contribution in [0.1, 0.15) is 12.0 Å². The van der Waals surface area contributed by atoms with E-state index in [-0.39, 0.29) is 24.1 Å². The molecule has 2 amide bonds. The summed E-state index contributed by atoms with van der Waals surface area (Å²) in [6.45, 7) is 1.81. The quantitative estimate of drug-likeness (QED) is 0.341. The number of H-pyrrole nitrogens is 1. The predicted octanol–water partition coefficient (Wildman–Crippen LogP) is 4.75. The van der Waals surface area contributed by atoms with E-state index < -0.39 is 6.09 Å². The highest BCUT2D eigenvalue weighted by Crippen LogP contribution is 2.23. The van der Waals surface area contributed by atoms with Crippen molar-refractivity contribution >= 4 is 35.0 Å². The first kappa shape index (κ1) is 22.1. The zero-order valence-corrected chi connectivity index (χ0v) is 18.5. The Balaban J connectivity index is 1.36. The minimum Gasteiger partial charge on any atom is -0.389 e. The van der Waals surface area contributed by atoms with Crippen LogP contribution in [0.5, 0.6) is 5.88 Å². The Kier molecular flexibility index (Phi) is 6.70. The second kappa shape index (κ2) is 10.0. The van der Waals surface area contributed by atoms with E-state index in [1.807, 2.05) is 43.5 Å². The lowest BCUT2D eigenvalue weighted by molar-refractivity contribution is -0.115. The molecule has 0 saturated heterocycles. The first-order valence-electron chi connectivity index (χ1n) is 10.1. The number of rotatable bonds is 7. The third-order valence-electron chi connectivity index (χ3n) is 4.77. The third-order valence-corrected chi connectivity index (χ3v) is 4.96. The molecule has 33 heavy (non-hydrogen) atoms. The highest BCUT2D eigenvalue weighted by atomic mass is 35.5. The fourth-order valence-electron chi connectivity index (χ4n) is 3.14. The van der Waals surface area contributed by atoms with Gasteiger partial charge in [0.15, 0.2) is 0 Å². The average Bonchev–Trinajstić information content (AvgIpc) is 3.48. The molecule has 0 aliphatic carbocycles. The number of halogens is 1. The number of nitrogens with zero attached hydrogens (tertiary/aromatic N) is 3. The van der Waals surface area contributed by atoms with Gasteiger partial charge in [0, 0.05) is 42.1 Å². The normalized spacial score (nSPS) is 10.6. The monoisotopic (exact) mass is 464 g/mol. The maximum atomic E-state index is 12.3. The Bertz CT molecular complexity index is 1250. The van der Waals surface area contributed by atoms with Crippen LogP contribution in [-0.2, 0) is 4.79 Å². The van der Waals surface area contributed by atoms with Gasteiger partial charge in [-0.05, 0) is 54.4 Å². The summed E-state index contributed by atoms with van der Waals surface area (Å²) in [4.78, 5) is 24.0. The molecule has 0 aliphatic heterocycles. The van der Waals surface area contributed by atoms with E-state index in [1.54, 1.807) is 35.1 Å². The van der Waals surface area contributed by atoms with Gasteiger partial charge in [0.2, 0.25) is 11.8 Å². The van der Waals surface area contributed by atoms with Crippen LogP contribution in [-0.4, -0.2) is 37.9 Å². The summed E-state index contributed by atoms with van der Waals surface area (Å²) in [7, 11) is 0. The Morgan fingerprint density at radius 2 is 1.94 bits per heavy atom. The number of carbonyl (C=O) groups is 2. The molecule has 2 aromatic carbocycles. The van der Waals surface area contributed by atoms with Crippen molar-refractivity contribution < 1.29 is 14.3 Å². The van der Waals surface area contributed by atoms with Crippen molar-refractivity contribution in [3.8, 4) is 22.8 Å². The van der Waals surface area contributed by atoms with E-state index >= 15 is 0 Å². The number of hydrogen-bond donors (Lipinski definition) is 3. The molecule has 0 spiro atoms. The molecule has 0 radical (unpaired) electrons. The summed E-state index contributed by atoms with van der Waals surface area (Å²) < 4.78 is 7.06. The van der Waals surface area contributed by atoms with Crippen LogP contribution < -0.4 is 15.4 Å². The standard InChI is InChI=1S/C23H21ClN6O3/c1-15-13-17(26-21(31)9-10-24)5-8-19(15)27-23(32)33-22-14-20(28-29-22)16-3-6-18(7-4-16)30-12-2-11-25-30/h2-8,11-14H,9-10H2,1H3,(H,26,31)(H,27,32)(H,28,29). The molecule has 0 bridgehead atoms. The smallest absolute Gasteiger partial charge is 0.389 e. The lowest BCUT2D eigenvalue weighted by Crippen LogP contribution is -2.18. The number of aromatic nitrogens is 4. The topological polar surface area (TPSA) is 114 Å². The molecule has 0 unspecified atom stereocenters. The fraction of sp³-hybridized carbons (Fsp3) is 0.130. The highest BCUT2D eigenvalue weighted by molar-refractivity contribution is 6.19. The second-order valence-electron chi connectivity index (χ2n) is 7.15. The van der Waals surface area contributed by atoms with E-state index in [0.29, 0.717) is 17.1 Å². The Morgan fingerprint density at radius 3 is 2.64 bits per heavy atom. The number of aryl methyl sites for hydroxylation is 1. The van der Waals surface area contributed by atoms with E-state index in [0.717, 1.165) is 16.8 Å². The van der Waals surface area contributed by atoms with Gasteiger partial charge in [-0.15, -0.1) is 16.7 Å². The van der Waals surface area contributed by atoms with Crippen molar-refractivity contribution in [3.63, 3.8) is 0 Å². The van der Waals surface area contributed by atoms with E-state index in [2.05, 4.69) is 25.9 Å². The molecule has 9 nitrogen and oxygen atoms in total. The summed E-state index contributed by atoms with van der Waals surface area (Å²) in [5, 5.41) is 16.5. The molecule has 2 heterocycles. The van der Waals surface area contributed by atoms with E-state index in [9.17, 15) is 9.59 Å². The van der Waals surface area contributed by atoms with Crippen LogP contribution in [0.2, 0.25) is 0 Å². The number of anilines is 2. The number of aromatic amines is 1. The van der Waals surface area contributed by atoms with Gasteiger partial charge in [0.05, 0.1) is 11.4 Å². The number of ether oxygens (including phenoxy) is 1. The van der Waals surface area contributed by atoms with Crippen LogP contribution in [0, 0.1) is 6.92 Å². The van der Waals surface area contributed by atoms with Gasteiger partial charge in [0.1, 0.15) is 0 Å². The summed E-state index contributed by atoms with van der Waals surface area (Å²) in [5.41, 5.74) is 4.46. The summed E-state index contributed by atoms with van der Waals surface area (Å²) in [6, 6.07) is 16.3. The van der Waals surface area contributed by atoms with Crippen molar-refractivity contribution in [2.75, 3.05) is 16.5 Å². The summed E-state index contributed by atoms with van der Waals surface area (Å²) in [6.07, 6.45) is 3.13. The lowest BCUT2D eigenvalue weighted by atomic mass is 10.1. The van der Waals surface area contributed by atoms with Crippen LogP contribution in [0.15, 0.2) is 67.0 Å². The van der Waals surface area contributed by atoms with Crippen LogP contribution in [0.3, 0.4) is 0 Å². The molecule has 10 heteroatoms. The van der Waals surface area contributed by atoms with Crippen molar-refractivity contribution in [1.29, 1.82) is 0 Å². The van der Waals surface area contributed by atoms with Gasteiger partial charge < -0.3 is 10.1 Å². The minimum absolute atomic E-state index is 0.140. The van der Waals surface area contributed by atoms with E-state index in [1.165, 1.54) is 0 Å².